The number of halogens is 1. The van der Waals surface area contributed by atoms with Gasteiger partial charge in [-0.05, 0) is 23.3 Å². The molecule has 2 N–H and O–H groups in total. The Balaban J connectivity index is 1.80. The summed E-state index contributed by atoms with van der Waals surface area (Å²) in [6.07, 6.45) is -1.79. The van der Waals surface area contributed by atoms with Crippen LogP contribution >= 0.6 is 11.8 Å². The largest absolute Gasteiger partial charge is 0.478 e. The number of rotatable bonds is 5. The molecule has 0 spiro atoms. The summed E-state index contributed by atoms with van der Waals surface area (Å²) < 4.78 is 14.6. The minimum Gasteiger partial charge on any atom is -0.478 e. The van der Waals surface area contributed by atoms with Gasteiger partial charge in [0.1, 0.15) is 0 Å². The van der Waals surface area contributed by atoms with E-state index in [2.05, 4.69) is 11.4 Å². The Morgan fingerprint density at radius 2 is 1.96 bits per heavy atom. The Labute approximate surface area is 160 Å². The van der Waals surface area contributed by atoms with Crippen LogP contribution in [0.4, 0.5) is 4.39 Å². The number of benzene rings is 2. The molecule has 1 aliphatic rings. The van der Waals surface area contributed by atoms with E-state index >= 15 is 0 Å². The topological polar surface area (TPSA) is 90.2 Å². The number of carbonyl (C=O) groups excluding carboxylic acids is 1. The van der Waals surface area contributed by atoms with Crippen LogP contribution in [0.3, 0.4) is 0 Å². The number of alkyl halides is 1. The molecule has 138 valence electrons. The first-order valence-corrected chi connectivity index (χ1v) is 9.39. The van der Waals surface area contributed by atoms with Gasteiger partial charge >= 0.3 is 5.97 Å². The number of hydrogen-bond acceptors (Lipinski definition) is 4. The van der Waals surface area contributed by atoms with Gasteiger partial charge in [0.05, 0.1) is 22.9 Å². The van der Waals surface area contributed by atoms with E-state index in [9.17, 15) is 19.2 Å². The maximum absolute atomic E-state index is 14.6. The zero-order valence-electron chi connectivity index (χ0n) is 14.2. The highest BCUT2D eigenvalue weighted by molar-refractivity contribution is 7.99. The summed E-state index contributed by atoms with van der Waals surface area (Å²) in [4.78, 5) is 23.2. The Hall–Kier alpha value is -2.85. The van der Waals surface area contributed by atoms with Crippen LogP contribution in [-0.2, 0) is 10.5 Å². The monoisotopic (exact) mass is 384 g/mol. The first-order chi connectivity index (χ1) is 13.0. The molecule has 1 aliphatic heterocycles. The number of aromatic carboxylic acids is 1. The minimum atomic E-state index is -1.79. The second-order valence-corrected chi connectivity index (χ2v) is 7.37. The van der Waals surface area contributed by atoms with Crippen molar-refractivity contribution in [3.63, 3.8) is 0 Å². The van der Waals surface area contributed by atoms with E-state index in [0.717, 1.165) is 5.56 Å². The van der Waals surface area contributed by atoms with E-state index in [1.165, 1.54) is 17.8 Å². The van der Waals surface area contributed by atoms with Gasteiger partial charge in [-0.15, -0.1) is 11.8 Å². The molecule has 1 heterocycles. The molecule has 0 aromatic heterocycles. The van der Waals surface area contributed by atoms with Crippen molar-refractivity contribution in [1.29, 1.82) is 5.26 Å². The summed E-state index contributed by atoms with van der Waals surface area (Å²) in [5, 5.41) is 20.7. The number of nitrogens with one attached hydrogen (secondary N) is 1. The number of nitriles is 1. The lowest BCUT2D eigenvalue weighted by Gasteiger charge is -2.36. The molecule has 2 aromatic carbocycles. The fourth-order valence-electron chi connectivity index (χ4n) is 3.17. The van der Waals surface area contributed by atoms with E-state index < -0.39 is 35.3 Å². The molecule has 5 nitrogen and oxygen atoms in total. The minimum absolute atomic E-state index is 0.170. The molecule has 1 fully saturated rings. The van der Waals surface area contributed by atoms with Gasteiger partial charge in [-0.1, -0.05) is 42.5 Å². The molecule has 0 aliphatic carbocycles. The third kappa shape index (κ3) is 4.12. The Morgan fingerprint density at radius 3 is 2.63 bits per heavy atom. The van der Waals surface area contributed by atoms with Crippen LogP contribution < -0.4 is 5.32 Å². The van der Waals surface area contributed by atoms with Gasteiger partial charge in [0.25, 0.3) is 5.91 Å². The second-order valence-electron chi connectivity index (χ2n) is 6.24. The molecule has 0 bridgehead atoms. The lowest BCUT2D eigenvalue weighted by atomic mass is 9.80. The van der Waals surface area contributed by atoms with Gasteiger partial charge in [0.2, 0.25) is 0 Å². The number of hydrogen-bond donors (Lipinski definition) is 2. The first-order valence-electron chi connectivity index (χ1n) is 8.34. The average Bonchev–Trinajstić information content (AvgIpc) is 2.69. The number of nitrogens with zero attached hydrogens (tertiary/aromatic N) is 1. The van der Waals surface area contributed by atoms with E-state index in [4.69, 9.17) is 5.11 Å². The van der Waals surface area contributed by atoms with Gasteiger partial charge in [0.15, 0.2) is 6.17 Å². The number of thioether (sulfide) groups is 1. The van der Waals surface area contributed by atoms with Crippen molar-refractivity contribution in [2.75, 3.05) is 0 Å². The smallest absolute Gasteiger partial charge is 0.335 e. The fourth-order valence-corrected chi connectivity index (χ4v) is 4.36. The highest BCUT2D eigenvalue weighted by Crippen LogP contribution is 2.39. The van der Waals surface area contributed by atoms with Crippen molar-refractivity contribution >= 4 is 23.6 Å². The number of amides is 1. The van der Waals surface area contributed by atoms with E-state index in [1.54, 1.807) is 48.5 Å². The van der Waals surface area contributed by atoms with Crippen molar-refractivity contribution in [3.05, 3.63) is 71.3 Å². The zero-order chi connectivity index (χ0) is 19.4. The van der Waals surface area contributed by atoms with Crippen molar-refractivity contribution in [2.45, 2.75) is 23.2 Å². The van der Waals surface area contributed by atoms with Gasteiger partial charge < -0.3 is 10.4 Å². The predicted octanol–water partition coefficient (Wildman–Crippen LogP) is 3.34. The fraction of sp³-hybridized carbons (Fsp3) is 0.250. The molecule has 1 saturated heterocycles. The zero-order valence-corrected chi connectivity index (χ0v) is 15.0. The van der Waals surface area contributed by atoms with Crippen molar-refractivity contribution in [2.24, 2.45) is 5.92 Å². The van der Waals surface area contributed by atoms with Crippen LogP contribution in [0, 0.1) is 17.2 Å². The molecule has 7 heteroatoms. The third-order valence-corrected chi connectivity index (χ3v) is 5.77. The number of carbonyl (C=O) groups is 2. The van der Waals surface area contributed by atoms with Crippen molar-refractivity contribution < 1.29 is 19.1 Å². The van der Waals surface area contributed by atoms with Gasteiger partial charge in [0, 0.05) is 11.7 Å². The Kier molecular flexibility index (Phi) is 5.77. The van der Waals surface area contributed by atoms with E-state index in [0.29, 0.717) is 11.3 Å². The standard InChI is InChI=1S/C20H17FN2O3S/c21-17-16(13-6-2-1-3-7-13)15(10-22)19(23-18(17)24)27-11-12-5-4-8-14(9-12)20(25)26/h1-9,15-17,19H,11H2,(H,23,24)(H,25,26). The SMILES string of the molecule is N#CC1C(SCc2cccc(C(=O)O)c2)NC(=O)C(F)C1c1ccccc1. The molecule has 27 heavy (non-hydrogen) atoms. The molecule has 4 atom stereocenters. The second kappa shape index (κ2) is 8.23. The van der Waals surface area contributed by atoms with E-state index in [1.807, 2.05) is 0 Å². The molecular weight excluding hydrogens is 367 g/mol. The van der Waals surface area contributed by atoms with Crippen molar-refractivity contribution in [1.82, 2.24) is 5.32 Å². The number of carboxylic acids is 1. The highest BCUT2D eigenvalue weighted by Gasteiger charge is 2.45. The van der Waals surface area contributed by atoms with Gasteiger partial charge in [-0.25, -0.2) is 9.18 Å². The lowest BCUT2D eigenvalue weighted by molar-refractivity contribution is -0.129. The molecule has 0 radical (unpaired) electrons. The quantitative estimate of drug-likeness (QED) is 0.825. The summed E-state index contributed by atoms with van der Waals surface area (Å²) >= 11 is 1.29. The van der Waals surface area contributed by atoms with Crippen molar-refractivity contribution in [3.8, 4) is 6.07 Å². The van der Waals surface area contributed by atoms with Crippen LogP contribution in [0.1, 0.15) is 27.4 Å². The maximum Gasteiger partial charge on any atom is 0.335 e. The third-order valence-electron chi connectivity index (χ3n) is 4.50. The average molecular weight is 384 g/mol. The molecular formula is C20H17FN2O3S. The highest BCUT2D eigenvalue weighted by atomic mass is 32.2. The van der Waals surface area contributed by atoms with Crippen LogP contribution in [0.25, 0.3) is 0 Å². The maximum atomic E-state index is 14.6. The normalized spacial score (nSPS) is 24.7. The van der Waals surface area contributed by atoms with Crippen LogP contribution in [0.15, 0.2) is 54.6 Å². The van der Waals surface area contributed by atoms with Gasteiger partial charge in [-0.2, -0.15) is 5.26 Å². The summed E-state index contributed by atoms with van der Waals surface area (Å²) in [6, 6.07) is 17.4. The molecule has 0 saturated carbocycles. The Morgan fingerprint density at radius 1 is 1.22 bits per heavy atom. The Bertz CT molecular complexity index is 884. The number of carboxylic acid groups (broad SMARTS) is 1. The van der Waals surface area contributed by atoms with E-state index in [-0.39, 0.29) is 5.56 Å². The molecule has 3 rings (SSSR count). The predicted molar refractivity (Wildman–Crippen MR) is 99.8 cm³/mol. The first kappa shape index (κ1) is 18.9. The van der Waals surface area contributed by atoms with Crippen LogP contribution in [0.5, 0.6) is 0 Å². The van der Waals surface area contributed by atoms with Crippen LogP contribution in [0.2, 0.25) is 0 Å². The summed E-state index contributed by atoms with van der Waals surface area (Å²) in [7, 11) is 0. The molecule has 4 unspecified atom stereocenters. The van der Waals surface area contributed by atoms with Crippen LogP contribution in [-0.4, -0.2) is 28.5 Å². The summed E-state index contributed by atoms with van der Waals surface area (Å²) in [5.41, 5.74) is 1.54. The number of piperidine rings is 1. The summed E-state index contributed by atoms with van der Waals surface area (Å²) in [6.45, 7) is 0. The summed E-state index contributed by atoms with van der Waals surface area (Å²) in [5.74, 6) is -2.94. The lowest BCUT2D eigenvalue weighted by Crippen LogP contribution is -2.53. The van der Waals surface area contributed by atoms with Gasteiger partial charge in [-0.3, -0.25) is 4.79 Å². The molecule has 1 amide bonds. The molecule has 2 aromatic rings.